The van der Waals surface area contributed by atoms with Crippen LogP contribution in [0.2, 0.25) is 0 Å². The molecular formula is C28H27NO3. The van der Waals surface area contributed by atoms with Crippen molar-refractivity contribution in [1.82, 2.24) is 4.57 Å². The summed E-state index contributed by atoms with van der Waals surface area (Å²) >= 11 is 0. The van der Waals surface area contributed by atoms with Gasteiger partial charge in [0.25, 0.3) is 0 Å². The zero-order chi connectivity index (χ0) is 22.3. The van der Waals surface area contributed by atoms with Crippen LogP contribution in [0.3, 0.4) is 0 Å². The predicted molar refractivity (Wildman–Crippen MR) is 128 cm³/mol. The van der Waals surface area contributed by atoms with Gasteiger partial charge in [0.05, 0.1) is 6.42 Å². The van der Waals surface area contributed by atoms with E-state index in [4.69, 9.17) is 9.84 Å². The smallest absolute Gasteiger partial charge is 0.304 e. The van der Waals surface area contributed by atoms with Crippen molar-refractivity contribution < 1.29 is 14.6 Å². The Balaban J connectivity index is 1.47. The van der Waals surface area contributed by atoms with Crippen molar-refractivity contribution in [2.45, 2.75) is 32.4 Å². The first kappa shape index (κ1) is 21.4. The van der Waals surface area contributed by atoms with Crippen molar-refractivity contribution in [3.05, 3.63) is 114 Å². The standard InChI is InChI=1S/C28H27NO3/c1-2-7-23(18-28(30)31)22-12-14-25(15-13-22)32-20-24-10-6-11-27-26(24)16-17-29(27)19-21-8-4-3-5-9-21/h2-17,23H,18-20H2,1H3,(H,30,31)/t23-/m1/s1. The van der Waals surface area contributed by atoms with E-state index in [1.165, 1.54) is 16.5 Å². The van der Waals surface area contributed by atoms with E-state index >= 15 is 0 Å². The Bertz CT molecular complexity index is 1210. The third-order valence-electron chi connectivity index (χ3n) is 5.62. The Morgan fingerprint density at radius 2 is 1.78 bits per heavy atom. The van der Waals surface area contributed by atoms with Crippen LogP contribution in [0.5, 0.6) is 5.75 Å². The molecule has 0 aliphatic carbocycles. The number of allylic oxidation sites excluding steroid dienone is 2. The Kier molecular flexibility index (Phi) is 6.71. The Labute approximate surface area is 188 Å². The quantitative estimate of drug-likeness (QED) is 0.316. The summed E-state index contributed by atoms with van der Waals surface area (Å²) in [5.74, 6) is -0.172. The number of hydrogen-bond acceptors (Lipinski definition) is 2. The number of carboxylic acids is 1. The predicted octanol–water partition coefficient (Wildman–Crippen LogP) is 6.40. The molecule has 0 fully saturated rings. The van der Waals surface area contributed by atoms with Crippen LogP contribution in [0.15, 0.2) is 97.2 Å². The van der Waals surface area contributed by atoms with Gasteiger partial charge < -0.3 is 14.4 Å². The SMILES string of the molecule is CC=C[C@H](CC(=O)O)c1ccc(OCc2cccc3c2ccn3Cc2ccccc2)cc1. The molecule has 1 N–H and O–H groups in total. The molecule has 32 heavy (non-hydrogen) atoms. The van der Waals surface area contributed by atoms with Crippen molar-refractivity contribution in [1.29, 1.82) is 0 Å². The van der Waals surface area contributed by atoms with Crippen LogP contribution in [0, 0.1) is 0 Å². The number of nitrogens with zero attached hydrogens (tertiary/aromatic N) is 1. The number of ether oxygens (including phenoxy) is 1. The maximum atomic E-state index is 11.1. The molecule has 4 rings (SSSR count). The Hall–Kier alpha value is -3.79. The van der Waals surface area contributed by atoms with Crippen LogP contribution >= 0.6 is 0 Å². The molecule has 0 aliphatic heterocycles. The molecule has 0 aliphatic rings. The van der Waals surface area contributed by atoms with Gasteiger partial charge in [0.1, 0.15) is 12.4 Å². The third-order valence-corrected chi connectivity index (χ3v) is 5.62. The lowest BCUT2D eigenvalue weighted by Crippen LogP contribution is -2.04. The van der Waals surface area contributed by atoms with Crippen LogP contribution in [0.1, 0.15) is 36.0 Å². The van der Waals surface area contributed by atoms with E-state index in [0.29, 0.717) is 6.61 Å². The summed E-state index contributed by atoms with van der Waals surface area (Å²) in [5.41, 5.74) is 4.56. The van der Waals surface area contributed by atoms with Crippen molar-refractivity contribution in [3.63, 3.8) is 0 Å². The molecular weight excluding hydrogens is 398 g/mol. The fourth-order valence-electron chi connectivity index (χ4n) is 4.02. The van der Waals surface area contributed by atoms with E-state index in [2.05, 4.69) is 59.3 Å². The van der Waals surface area contributed by atoms with Gasteiger partial charge in [-0.1, -0.05) is 66.7 Å². The molecule has 0 radical (unpaired) electrons. The number of benzene rings is 3. The first-order valence-electron chi connectivity index (χ1n) is 10.8. The highest BCUT2D eigenvalue weighted by Gasteiger charge is 2.13. The van der Waals surface area contributed by atoms with Gasteiger partial charge in [0, 0.05) is 29.6 Å². The fourth-order valence-corrected chi connectivity index (χ4v) is 4.02. The molecule has 0 saturated heterocycles. The van der Waals surface area contributed by atoms with Crippen molar-refractivity contribution in [2.24, 2.45) is 0 Å². The molecule has 1 aromatic heterocycles. The lowest BCUT2D eigenvalue weighted by atomic mass is 9.95. The molecule has 4 nitrogen and oxygen atoms in total. The zero-order valence-corrected chi connectivity index (χ0v) is 18.1. The minimum atomic E-state index is -0.805. The maximum Gasteiger partial charge on any atom is 0.304 e. The molecule has 4 aromatic rings. The molecule has 0 saturated carbocycles. The Morgan fingerprint density at radius 3 is 2.50 bits per heavy atom. The number of rotatable bonds is 9. The van der Waals surface area contributed by atoms with Crippen LogP contribution in [-0.4, -0.2) is 15.6 Å². The highest BCUT2D eigenvalue weighted by atomic mass is 16.5. The number of carboxylic acid groups (broad SMARTS) is 1. The average molecular weight is 426 g/mol. The molecule has 0 unspecified atom stereocenters. The summed E-state index contributed by atoms with van der Waals surface area (Å²) in [5, 5.41) is 10.3. The highest BCUT2D eigenvalue weighted by Crippen LogP contribution is 2.26. The van der Waals surface area contributed by atoms with E-state index in [9.17, 15) is 4.79 Å². The molecule has 1 atom stereocenters. The monoisotopic (exact) mass is 425 g/mol. The molecule has 1 heterocycles. The minimum absolute atomic E-state index is 0.0759. The lowest BCUT2D eigenvalue weighted by molar-refractivity contribution is -0.137. The van der Waals surface area contributed by atoms with Crippen LogP contribution < -0.4 is 4.74 Å². The first-order valence-corrected chi connectivity index (χ1v) is 10.8. The zero-order valence-electron chi connectivity index (χ0n) is 18.1. The molecule has 4 heteroatoms. The fraction of sp³-hybridized carbons (Fsp3) is 0.179. The maximum absolute atomic E-state index is 11.1. The molecule has 0 spiro atoms. The summed E-state index contributed by atoms with van der Waals surface area (Å²) in [6, 6.07) is 26.6. The summed E-state index contributed by atoms with van der Waals surface area (Å²) in [6.45, 7) is 3.21. The number of fused-ring (bicyclic) bond motifs is 1. The summed E-state index contributed by atoms with van der Waals surface area (Å²) in [4.78, 5) is 11.1. The summed E-state index contributed by atoms with van der Waals surface area (Å²) < 4.78 is 8.32. The van der Waals surface area contributed by atoms with Gasteiger partial charge in [-0.15, -0.1) is 0 Å². The van der Waals surface area contributed by atoms with Gasteiger partial charge in [-0.25, -0.2) is 0 Å². The van der Waals surface area contributed by atoms with Gasteiger partial charge >= 0.3 is 5.97 Å². The van der Waals surface area contributed by atoms with Gasteiger partial charge in [-0.2, -0.15) is 0 Å². The topological polar surface area (TPSA) is 51.5 Å². The lowest BCUT2D eigenvalue weighted by Gasteiger charge is -2.13. The second-order valence-corrected chi connectivity index (χ2v) is 7.87. The van der Waals surface area contributed by atoms with E-state index < -0.39 is 5.97 Å². The van der Waals surface area contributed by atoms with Gasteiger partial charge in [0.15, 0.2) is 0 Å². The molecule has 3 aromatic carbocycles. The number of hydrogen-bond donors (Lipinski definition) is 1. The second kappa shape index (κ2) is 10.0. The van der Waals surface area contributed by atoms with Crippen LogP contribution in [-0.2, 0) is 17.9 Å². The average Bonchev–Trinajstić information content (AvgIpc) is 3.21. The van der Waals surface area contributed by atoms with E-state index in [-0.39, 0.29) is 12.3 Å². The number of carbonyl (C=O) groups is 1. The minimum Gasteiger partial charge on any atom is -0.489 e. The van der Waals surface area contributed by atoms with Crippen molar-refractivity contribution >= 4 is 16.9 Å². The van der Waals surface area contributed by atoms with Crippen LogP contribution in [0.25, 0.3) is 10.9 Å². The summed E-state index contributed by atoms with van der Waals surface area (Å²) in [6.07, 6.45) is 6.01. The van der Waals surface area contributed by atoms with E-state index in [0.717, 1.165) is 23.4 Å². The first-order chi connectivity index (χ1) is 15.6. The van der Waals surface area contributed by atoms with Gasteiger partial charge in [0.2, 0.25) is 0 Å². The number of aromatic nitrogens is 1. The Morgan fingerprint density at radius 1 is 1.00 bits per heavy atom. The molecule has 162 valence electrons. The summed E-state index contributed by atoms with van der Waals surface area (Å²) in [7, 11) is 0. The van der Waals surface area contributed by atoms with E-state index in [1.54, 1.807) is 0 Å². The van der Waals surface area contributed by atoms with Gasteiger partial charge in [-0.05, 0) is 47.9 Å². The normalized spacial score (nSPS) is 12.3. The van der Waals surface area contributed by atoms with Crippen molar-refractivity contribution in [3.8, 4) is 5.75 Å². The van der Waals surface area contributed by atoms with Crippen LogP contribution in [0.4, 0.5) is 0 Å². The molecule has 0 amide bonds. The van der Waals surface area contributed by atoms with E-state index in [1.807, 2.05) is 49.4 Å². The third kappa shape index (κ3) is 5.09. The van der Waals surface area contributed by atoms with Crippen molar-refractivity contribution in [2.75, 3.05) is 0 Å². The molecule has 0 bridgehead atoms. The largest absolute Gasteiger partial charge is 0.489 e. The second-order valence-electron chi connectivity index (χ2n) is 7.87. The number of aliphatic carboxylic acids is 1. The van der Waals surface area contributed by atoms with Gasteiger partial charge in [-0.3, -0.25) is 4.79 Å². The highest BCUT2D eigenvalue weighted by molar-refractivity contribution is 5.83.